The largest absolute Gasteiger partial charge is 0.416 e. The van der Waals surface area contributed by atoms with Gasteiger partial charge in [-0.25, -0.2) is 0 Å². The normalized spacial score (nSPS) is 12.7. The number of nitrogens with two attached hydrogens (primary N) is 1. The van der Waals surface area contributed by atoms with E-state index in [-0.39, 0.29) is 5.04 Å². The summed E-state index contributed by atoms with van der Waals surface area (Å²) in [5.41, 5.74) is 7.73. The van der Waals surface area contributed by atoms with Crippen LogP contribution < -0.4 is 5.73 Å². The second-order valence-corrected chi connectivity index (χ2v) is 11.3. The Balaban J connectivity index is 2.51. The zero-order chi connectivity index (χ0) is 14.5. The fourth-order valence-electron chi connectivity index (χ4n) is 1.58. The maximum Gasteiger partial charge on any atom is 0.191 e. The van der Waals surface area contributed by atoms with E-state index in [0.717, 1.165) is 30.8 Å². The molecule has 3 nitrogen and oxygen atoms in total. The molecule has 0 atom stereocenters. The topological polar surface area (TPSA) is 48.1 Å². The fraction of sp³-hybridized carbons (Fsp3) is 0.667. The van der Waals surface area contributed by atoms with Gasteiger partial charge in [-0.05, 0) is 36.8 Å². The highest BCUT2D eigenvalue weighted by Gasteiger charge is 2.36. The molecular formula is C15H28N2OSi. The van der Waals surface area contributed by atoms with Crippen LogP contribution in [0.25, 0.3) is 0 Å². The first-order chi connectivity index (χ1) is 8.76. The van der Waals surface area contributed by atoms with E-state index in [1.165, 1.54) is 0 Å². The molecule has 2 N–H and O–H groups in total. The van der Waals surface area contributed by atoms with E-state index >= 15 is 0 Å². The van der Waals surface area contributed by atoms with Crippen molar-refractivity contribution in [3.8, 4) is 0 Å². The lowest BCUT2D eigenvalue weighted by molar-refractivity contribution is 0.290. The monoisotopic (exact) mass is 280 g/mol. The van der Waals surface area contributed by atoms with Crippen LogP contribution in [0.2, 0.25) is 18.1 Å². The summed E-state index contributed by atoms with van der Waals surface area (Å²) in [6.07, 6.45) is 1.72. The highest BCUT2D eigenvalue weighted by molar-refractivity contribution is 6.74. The summed E-state index contributed by atoms with van der Waals surface area (Å²) in [5, 5.41) is 0.266. The molecule has 1 rings (SSSR count). The lowest BCUT2D eigenvalue weighted by atomic mass is 10.2. The van der Waals surface area contributed by atoms with Crippen molar-refractivity contribution in [1.29, 1.82) is 0 Å². The van der Waals surface area contributed by atoms with Crippen LogP contribution in [-0.4, -0.2) is 26.5 Å². The molecular weight excluding hydrogens is 252 g/mol. The minimum atomic E-state index is -1.64. The van der Waals surface area contributed by atoms with E-state index < -0.39 is 8.32 Å². The predicted octanol–water partition coefficient (Wildman–Crippen LogP) is 3.15. The average molecular weight is 280 g/mol. The quantitative estimate of drug-likeness (QED) is 0.814. The molecule has 0 amide bonds. The summed E-state index contributed by atoms with van der Waals surface area (Å²) in [6.45, 7) is 12.8. The van der Waals surface area contributed by atoms with Gasteiger partial charge in [-0.3, -0.25) is 4.98 Å². The first-order valence-electron chi connectivity index (χ1n) is 7.05. The third kappa shape index (κ3) is 5.05. The SMILES string of the molecule is CC(C)(C)[Si](C)(C)OCCc1cccc(CCN)n1. The standard InChI is InChI=1S/C15H28N2OSi/c1-15(2,3)19(4,5)18-12-10-14-8-6-7-13(17-14)9-11-16/h6-8H,9-12,16H2,1-5H3. The summed E-state index contributed by atoms with van der Waals surface area (Å²) in [6, 6.07) is 6.15. The fourth-order valence-corrected chi connectivity index (χ4v) is 2.63. The van der Waals surface area contributed by atoms with Crippen LogP contribution in [0.1, 0.15) is 32.2 Å². The Morgan fingerprint density at radius 2 is 1.74 bits per heavy atom. The van der Waals surface area contributed by atoms with Gasteiger partial charge in [-0.1, -0.05) is 26.8 Å². The lowest BCUT2D eigenvalue weighted by Crippen LogP contribution is -2.41. The Bertz CT molecular complexity index is 399. The molecule has 0 aliphatic rings. The number of hydrogen-bond acceptors (Lipinski definition) is 3. The molecule has 0 aliphatic heterocycles. The van der Waals surface area contributed by atoms with Crippen molar-refractivity contribution >= 4 is 8.32 Å². The van der Waals surface area contributed by atoms with E-state index in [1.54, 1.807) is 0 Å². The second-order valence-electron chi connectivity index (χ2n) is 6.52. The first kappa shape index (κ1) is 16.3. The molecule has 1 aromatic heterocycles. The van der Waals surface area contributed by atoms with Crippen LogP contribution in [0.3, 0.4) is 0 Å². The molecule has 19 heavy (non-hydrogen) atoms. The van der Waals surface area contributed by atoms with Gasteiger partial charge in [-0.2, -0.15) is 0 Å². The van der Waals surface area contributed by atoms with Crippen LogP contribution >= 0.6 is 0 Å². The Morgan fingerprint density at radius 3 is 2.26 bits per heavy atom. The molecule has 0 aromatic carbocycles. The number of pyridine rings is 1. The van der Waals surface area contributed by atoms with Crippen molar-refractivity contribution in [1.82, 2.24) is 4.98 Å². The summed E-state index contributed by atoms with van der Waals surface area (Å²) in [7, 11) is -1.64. The maximum atomic E-state index is 6.17. The smallest absolute Gasteiger partial charge is 0.191 e. The Labute approximate surface area is 118 Å². The lowest BCUT2D eigenvalue weighted by Gasteiger charge is -2.36. The molecule has 0 bridgehead atoms. The molecule has 1 heterocycles. The molecule has 108 valence electrons. The third-order valence-electron chi connectivity index (χ3n) is 3.89. The Hall–Kier alpha value is -0.713. The summed E-state index contributed by atoms with van der Waals surface area (Å²) < 4.78 is 6.17. The molecule has 0 aliphatic carbocycles. The number of rotatable bonds is 6. The molecule has 0 radical (unpaired) electrons. The van der Waals surface area contributed by atoms with E-state index in [2.05, 4.69) is 51.0 Å². The van der Waals surface area contributed by atoms with Crippen molar-refractivity contribution in [3.05, 3.63) is 29.6 Å². The van der Waals surface area contributed by atoms with E-state index in [1.807, 2.05) is 6.07 Å². The minimum absolute atomic E-state index is 0.266. The van der Waals surface area contributed by atoms with E-state index in [9.17, 15) is 0 Å². The predicted molar refractivity (Wildman–Crippen MR) is 83.8 cm³/mol. The zero-order valence-corrected chi connectivity index (χ0v) is 14.0. The highest BCUT2D eigenvalue weighted by atomic mass is 28.4. The van der Waals surface area contributed by atoms with Gasteiger partial charge in [0.2, 0.25) is 0 Å². The average Bonchev–Trinajstić information content (AvgIpc) is 2.28. The molecule has 0 fully saturated rings. The number of nitrogens with zero attached hydrogens (tertiary/aromatic N) is 1. The Kier molecular flexibility index (Phi) is 5.71. The molecule has 0 unspecified atom stereocenters. The van der Waals surface area contributed by atoms with Crippen molar-refractivity contribution < 1.29 is 4.43 Å². The number of hydrogen-bond donors (Lipinski definition) is 1. The molecule has 0 saturated carbocycles. The molecule has 0 saturated heterocycles. The molecule has 4 heteroatoms. The van der Waals surface area contributed by atoms with Crippen molar-refractivity contribution in [3.63, 3.8) is 0 Å². The highest BCUT2D eigenvalue weighted by Crippen LogP contribution is 2.36. The van der Waals surface area contributed by atoms with Crippen LogP contribution in [-0.2, 0) is 17.3 Å². The van der Waals surface area contributed by atoms with Gasteiger partial charge in [0.05, 0.1) is 0 Å². The molecule has 1 aromatic rings. The maximum absolute atomic E-state index is 6.17. The summed E-state index contributed by atoms with van der Waals surface area (Å²) >= 11 is 0. The van der Waals surface area contributed by atoms with Crippen molar-refractivity contribution in [2.45, 2.75) is 51.7 Å². The zero-order valence-electron chi connectivity index (χ0n) is 13.0. The summed E-state index contributed by atoms with van der Waals surface area (Å²) in [5.74, 6) is 0. The molecule has 0 spiro atoms. The third-order valence-corrected chi connectivity index (χ3v) is 8.43. The van der Waals surface area contributed by atoms with Gasteiger partial charge in [0.15, 0.2) is 8.32 Å². The van der Waals surface area contributed by atoms with Crippen LogP contribution in [0.5, 0.6) is 0 Å². The summed E-state index contributed by atoms with van der Waals surface area (Å²) in [4.78, 5) is 4.60. The second kappa shape index (κ2) is 6.64. The van der Waals surface area contributed by atoms with E-state index in [4.69, 9.17) is 10.2 Å². The van der Waals surface area contributed by atoms with E-state index in [0.29, 0.717) is 6.54 Å². The minimum Gasteiger partial charge on any atom is -0.416 e. The van der Waals surface area contributed by atoms with Crippen LogP contribution in [0.15, 0.2) is 18.2 Å². The van der Waals surface area contributed by atoms with Crippen molar-refractivity contribution in [2.24, 2.45) is 5.73 Å². The van der Waals surface area contributed by atoms with Crippen LogP contribution in [0, 0.1) is 0 Å². The van der Waals surface area contributed by atoms with Crippen molar-refractivity contribution in [2.75, 3.05) is 13.2 Å². The van der Waals surface area contributed by atoms with Gasteiger partial charge in [-0.15, -0.1) is 0 Å². The van der Waals surface area contributed by atoms with Gasteiger partial charge in [0.25, 0.3) is 0 Å². The Morgan fingerprint density at radius 1 is 1.16 bits per heavy atom. The van der Waals surface area contributed by atoms with Gasteiger partial charge in [0, 0.05) is 30.8 Å². The van der Waals surface area contributed by atoms with Crippen LogP contribution in [0.4, 0.5) is 0 Å². The van der Waals surface area contributed by atoms with Gasteiger partial charge < -0.3 is 10.2 Å². The van der Waals surface area contributed by atoms with Gasteiger partial charge in [0.1, 0.15) is 0 Å². The van der Waals surface area contributed by atoms with Gasteiger partial charge >= 0.3 is 0 Å². The number of aromatic nitrogens is 1. The first-order valence-corrected chi connectivity index (χ1v) is 9.96.